The summed E-state index contributed by atoms with van der Waals surface area (Å²) in [4.78, 5) is 6.62. The maximum absolute atomic E-state index is 13.7. The zero-order valence-electron chi connectivity index (χ0n) is 14.0. The molecule has 1 N–H and O–H groups in total. The monoisotopic (exact) mass is 386 g/mol. The summed E-state index contributed by atoms with van der Waals surface area (Å²) >= 11 is 5.63. The molecule has 9 heteroatoms. The van der Waals surface area contributed by atoms with Gasteiger partial charge < -0.3 is 9.88 Å². The van der Waals surface area contributed by atoms with Crippen molar-refractivity contribution in [1.82, 2.24) is 14.5 Å². The molecule has 0 aliphatic rings. The Labute approximate surface area is 151 Å². The van der Waals surface area contributed by atoms with Crippen LogP contribution < -0.4 is 5.32 Å². The highest BCUT2D eigenvalue weighted by atomic mass is 35.5. The van der Waals surface area contributed by atoms with Crippen molar-refractivity contribution in [3.63, 3.8) is 0 Å². The van der Waals surface area contributed by atoms with Crippen molar-refractivity contribution in [2.45, 2.75) is 26.6 Å². The van der Waals surface area contributed by atoms with Crippen LogP contribution in [0, 0.1) is 19.7 Å². The van der Waals surface area contributed by atoms with Crippen LogP contribution in [0.25, 0.3) is 10.9 Å². The third-order valence-corrected chi connectivity index (χ3v) is 4.18. The van der Waals surface area contributed by atoms with Gasteiger partial charge in [0.25, 0.3) is 0 Å². The second-order valence-electron chi connectivity index (χ2n) is 5.92. The summed E-state index contributed by atoms with van der Waals surface area (Å²) < 4.78 is 53.8. The second kappa shape index (κ2) is 6.75. The molecular formula is C17H15ClF4N4. The van der Waals surface area contributed by atoms with Crippen LogP contribution >= 0.6 is 11.6 Å². The Kier molecular flexibility index (Phi) is 4.79. The fraction of sp³-hybridized carbons (Fsp3) is 0.294. The molecule has 1 aromatic carbocycles. The topological polar surface area (TPSA) is 42.7 Å². The Morgan fingerprint density at radius 1 is 1.12 bits per heavy atom. The molecule has 0 aliphatic heterocycles. The van der Waals surface area contributed by atoms with Crippen molar-refractivity contribution in [2.24, 2.45) is 0 Å². The summed E-state index contributed by atoms with van der Waals surface area (Å²) in [6.07, 6.45) is -4.68. The van der Waals surface area contributed by atoms with Gasteiger partial charge in [0.05, 0.1) is 5.52 Å². The van der Waals surface area contributed by atoms with Gasteiger partial charge in [0.15, 0.2) is 0 Å². The standard InChI is InChI=1S/C17H15ClF4N4/c1-9-5-11(19)7-13-12(9)6-10(2)26(13)4-3-23-15-8-14(18)24-16(25-15)17(20,21)22/h5-8H,3-4H2,1-2H3,(H,23,24,25). The van der Waals surface area contributed by atoms with E-state index in [9.17, 15) is 17.6 Å². The maximum Gasteiger partial charge on any atom is 0.451 e. The summed E-state index contributed by atoms with van der Waals surface area (Å²) in [5.74, 6) is -1.65. The van der Waals surface area contributed by atoms with Gasteiger partial charge in [0, 0.05) is 30.2 Å². The Bertz CT molecular complexity index is 966. The van der Waals surface area contributed by atoms with Crippen LogP contribution in [0.2, 0.25) is 5.15 Å². The molecule has 0 amide bonds. The van der Waals surface area contributed by atoms with Crippen molar-refractivity contribution in [3.8, 4) is 0 Å². The molecule has 138 valence electrons. The van der Waals surface area contributed by atoms with Gasteiger partial charge >= 0.3 is 6.18 Å². The second-order valence-corrected chi connectivity index (χ2v) is 6.30. The number of nitrogens with zero attached hydrogens (tertiary/aromatic N) is 3. The van der Waals surface area contributed by atoms with E-state index in [2.05, 4.69) is 15.3 Å². The van der Waals surface area contributed by atoms with Crippen LogP contribution in [0.15, 0.2) is 24.3 Å². The first-order valence-corrected chi connectivity index (χ1v) is 8.14. The smallest absolute Gasteiger partial charge is 0.368 e. The molecule has 0 unspecified atom stereocenters. The van der Waals surface area contributed by atoms with Crippen LogP contribution in [-0.2, 0) is 12.7 Å². The number of benzene rings is 1. The van der Waals surface area contributed by atoms with E-state index in [4.69, 9.17) is 11.6 Å². The van der Waals surface area contributed by atoms with Gasteiger partial charge in [-0.1, -0.05) is 11.6 Å². The van der Waals surface area contributed by atoms with E-state index in [1.165, 1.54) is 18.2 Å². The average Bonchev–Trinajstić information content (AvgIpc) is 2.83. The first kappa shape index (κ1) is 18.4. The van der Waals surface area contributed by atoms with E-state index in [1.54, 1.807) is 0 Å². The quantitative estimate of drug-likeness (QED) is 0.508. The van der Waals surface area contributed by atoms with E-state index in [0.717, 1.165) is 22.2 Å². The largest absolute Gasteiger partial charge is 0.451 e. The number of aromatic nitrogens is 3. The molecule has 2 aromatic heterocycles. The highest BCUT2D eigenvalue weighted by Gasteiger charge is 2.35. The molecule has 0 fully saturated rings. The van der Waals surface area contributed by atoms with Crippen molar-refractivity contribution in [1.29, 1.82) is 0 Å². The minimum Gasteiger partial charge on any atom is -0.368 e. The number of alkyl halides is 3. The highest BCUT2D eigenvalue weighted by Crippen LogP contribution is 2.28. The molecule has 3 rings (SSSR count). The van der Waals surface area contributed by atoms with Crippen LogP contribution in [0.5, 0.6) is 0 Å². The fourth-order valence-corrected chi connectivity index (χ4v) is 3.04. The van der Waals surface area contributed by atoms with E-state index in [0.29, 0.717) is 6.54 Å². The lowest BCUT2D eigenvalue weighted by atomic mass is 10.1. The van der Waals surface area contributed by atoms with E-state index in [1.807, 2.05) is 24.5 Å². The molecule has 0 saturated carbocycles. The summed E-state index contributed by atoms with van der Waals surface area (Å²) in [5.41, 5.74) is 2.48. The Morgan fingerprint density at radius 2 is 1.85 bits per heavy atom. The fourth-order valence-electron chi connectivity index (χ4n) is 2.85. The maximum atomic E-state index is 13.7. The third-order valence-electron chi connectivity index (χ3n) is 3.99. The number of anilines is 1. The number of nitrogens with one attached hydrogen (secondary N) is 1. The molecule has 0 saturated heterocycles. The van der Waals surface area contributed by atoms with Crippen LogP contribution in [0.3, 0.4) is 0 Å². The lowest BCUT2D eigenvalue weighted by molar-refractivity contribution is -0.144. The van der Waals surface area contributed by atoms with Gasteiger partial charge in [0.2, 0.25) is 5.82 Å². The molecule has 0 spiro atoms. The first-order chi connectivity index (χ1) is 12.1. The van der Waals surface area contributed by atoms with Gasteiger partial charge in [-0.15, -0.1) is 0 Å². The van der Waals surface area contributed by atoms with Gasteiger partial charge in [-0.3, -0.25) is 0 Å². The molecule has 2 heterocycles. The Morgan fingerprint density at radius 3 is 2.54 bits per heavy atom. The number of rotatable bonds is 4. The summed E-state index contributed by atoms with van der Waals surface area (Å²) in [7, 11) is 0. The van der Waals surface area contributed by atoms with Gasteiger partial charge in [-0.2, -0.15) is 13.2 Å². The van der Waals surface area contributed by atoms with Crippen molar-refractivity contribution in [2.75, 3.05) is 11.9 Å². The van der Waals surface area contributed by atoms with Crippen molar-refractivity contribution < 1.29 is 17.6 Å². The summed E-state index contributed by atoms with van der Waals surface area (Å²) in [5, 5.41) is 3.45. The molecule has 26 heavy (non-hydrogen) atoms. The summed E-state index contributed by atoms with van der Waals surface area (Å²) in [6.45, 7) is 4.42. The molecule has 0 atom stereocenters. The SMILES string of the molecule is Cc1cc(F)cc2c1cc(C)n2CCNc1cc(Cl)nc(C(F)(F)F)n1. The summed E-state index contributed by atoms with van der Waals surface area (Å²) in [6, 6.07) is 6.08. The van der Waals surface area contributed by atoms with Crippen LogP contribution in [0.1, 0.15) is 17.1 Å². The third kappa shape index (κ3) is 3.75. The van der Waals surface area contributed by atoms with Gasteiger partial charge in [-0.05, 0) is 37.6 Å². The molecule has 0 bridgehead atoms. The number of hydrogen-bond donors (Lipinski definition) is 1. The lowest BCUT2D eigenvalue weighted by Crippen LogP contribution is -2.16. The lowest BCUT2D eigenvalue weighted by Gasteiger charge is -2.12. The minimum atomic E-state index is -4.68. The van der Waals surface area contributed by atoms with E-state index >= 15 is 0 Å². The molecule has 0 radical (unpaired) electrons. The van der Waals surface area contributed by atoms with Crippen molar-refractivity contribution in [3.05, 3.63) is 52.3 Å². The molecule has 3 aromatic rings. The number of halogens is 5. The zero-order valence-corrected chi connectivity index (χ0v) is 14.7. The van der Waals surface area contributed by atoms with E-state index in [-0.39, 0.29) is 23.3 Å². The predicted molar refractivity (Wildman–Crippen MR) is 91.9 cm³/mol. The molecular weight excluding hydrogens is 372 g/mol. The average molecular weight is 387 g/mol. The molecule has 4 nitrogen and oxygen atoms in total. The van der Waals surface area contributed by atoms with Crippen molar-refractivity contribution >= 4 is 28.3 Å². The normalized spacial score (nSPS) is 12.0. The Hall–Kier alpha value is -2.35. The number of fused-ring (bicyclic) bond motifs is 1. The number of hydrogen-bond acceptors (Lipinski definition) is 3. The molecule has 0 aliphatic carbocycles. The first-order valence-electron chi connectivity index (χ1n) is 7.77. The van der Waals surface area contributed by atoms with Crippen LogP contribution in [-0.4, -0.2) is 21.1 Å². The zero-order chi connectivity index (χ0) is 19.1. The van der Waals surface area contributed by atoms with Crippen LogP contribution in [0.4, 0.5) is 23.4 Å². The van der Waals surface area contributed by atoms with E-state index < -0.39 is 12.0 Å². The number of aryl methyl sites for hydroxylation is 2. The Balaban J connectivity index is 1.80. The van der Waals surface area contributed by atoms with Gasteiger partial charge in [0.1, 0.15) is 16.8 Å². The van der Waals surface area contributed by atoms with Gasteiger partial charge in [-0.25, -0.2) is 14.4 Å². The minimum absolute atomic E-state index is 0.0196. The highest BCUT2D eigenvalue weighted by molar-refractivity contribution is 6.29. The predicted octanol–water partition coefficient (Wildman–Crippen LogP) is 4.97.